The van der Waals surface area contributed by atoms with Crippen molar-refractivity contribution in [2.24, 2.45) is 4.99 Å². The summed E-state index contributed by atoms with van der Waals surface area (Å²) in [5, 5.41) is 3.95. The summed E-state index contributed by atoms with van der Waals surface area (Å²) in [6.07, 6.45) is 3.63. The minimum absolute atomic E-state index is 0.0281. The van der Waals surface area contributed by atoms with Gasteiger partial charge in [0.15, 0.2) is 0 Å². The van der Waals surface area contributed by atoms with Crippen LogP contribution in [0.4, 0.5) is 17.3 Å². The highest BCUT2D eigenvalue weighted by Crippen LogP contribution is 2.35. The third-order valence-electron chi connectivity index (χ3n) is 7.37. The van der Waals surface area contributed by atoms with Crippen molar-refractivity contribution in [3.63, 3.8) is 0 Å². The fraction of sp³-hybridized carbons (Fsp3) is 0.414. The fourth-order valence-electron chi connectivity index (χ4n) is 5.13. The van der Waals surface area contributed by atoms with Crippen molar-refractivity contribution in [2.45, 2.75) is 46.1 Å². The van der Waals surface area contributed by atoms with Crippen LogP contribution in [-0.4, -0.2) is 59.8 Å². The van der Waals surface area contributed by atoms with E-state index in [1.54, 1.807) is 6.20 Å². The molecule has 0 spiro atoms. The zero-order chi connectivity index (χ0) is 25.4. The van der Waals surface area contributed by atoms with Gasteiger partial charge in [-0.3, -0.25) is 9.89 Å². The lowest BCUT2D eigenvalue weighted by Gasteiger charge is -2.38. The Balaban J connectivity index is 1.40. The number of benzene rings is 2. The lowest BCUT2D eigenvalue weighted by molar-refractivity contribution is 0.209. The Morgan fingerprint density at radius 1 is 1.03 bits per heavy atom. The third-order valence-corrected chi connectivity index (χ3v) is 7.64. The molecule has 188 valence electrons. The van der Waals surface area contributed by atoms with Crippen molar-refractivity contribution in [1.82, 2.24) is 14.9 Å². The number of fused-ring (bicyclic) bond motifs is 1. The molecule has 0 bridgehead atoms. The normalized spacial score (nSPS) is 17.4. The zero-order valence-electron chi connectivity index (χ0n) is 21.8. The molecule has 3 aromatic rings. The summed E-state index contributed by atoms with van der Waals surface area (Å²) < 4.78 is 0. The summed E-state index contributed by atoms with van der Waals surface area (Å²) in [4.78, 5) is 18.8. The predicted octanol–water partition coefficient (Wildman–Crippen LogP) is 6.09. The van der Waals surface area contributed by atoms with Gasteiger partial charge in [-0.05, 0) is 55.7 Å². The Morgan fingerprint density at radius 3 is 2.56 bits per heavy atom. The molecule has 2 aliphatic heterocycles. The maximum absolute atomic E-state index is 6.58. The van der Waals surface area contributed by atoms with Crippen molar-refractivity contribution in [3.8, 4) is 11.3 Å². The second-order valence-corrected chi connectivity index (χ2v) is 11.2. The van der Waals surface area contributed by atoms with Crippen LogP contribution in [0, 0.1) is 6.92 Å². The summed E-state index contributed by atoms with van der Waals surface area (Å²) in [7, 11) is 0. The van der Waals surface area contributed by atoms with Gasteiger partial charge in [-0.2, -0.15) is 0 Å². The smallest absolute Gasteiger partial charge is 0.227 e. The van der Waals surface area contributed by atoms with Crippen molar-refractivity contribution in [3.05, 3.63) is 64.3 Å². The molecule has 1 N–H and O–H groups in total. The number of aliphatic imine (C=N–C) groups is 1. The third kappa shape index (κ3) is 4.97. The second-order valence-electron chi connectivity index (χ2n) is 10.8. The molecule has 0 atom stereocenters. The van der Waals surface area contributed by atoms with E-state index in [9.17, 15) is 0 Å². The maximum atomic E-state index is 6.58. The first-order valence-corrected chi connectivity index (χ1v) is 13.1. The van der Waals surface area contributed by atoms with Crippen molar-refractivity contribution >= 4 is 35.1 Å². The maximum Gasteiger partial charge on any atom is 0.227 e. The number of piperazine rings is 1. The standard InChI is InChI=1S/C29H35ClN6/c1-19(2)35-10-12-36(13-11-35)26-15-23(9-6-20(26)3)33-28-32-17-25(30)27(34-28)21-7-8-22-16-31-18-29(4,5)24(22)14-21/h6-9,14-17,19H,10-13,18H2,1-5H3,(H,32,33,34). The number of nitrogens with one attached hydrogen (secondary N) is 1. The minimum atomic E-state index is -0.0281. The Morgan fingerprint density at radius 2 is 1.81 bits per heavy atom. The molecule has 0 aliphatic carbocycles. The van der Waals surface area contributed by atoms with Crippen LogP contribution < -0.4 is 10.2 Å². The number of halogens is 1. The van der Waals surface area contributed by atoms with Crippen LogP contribution in [0.3, 0.4) is 0 Å². The molecule has 2 aromatic carbocycles. The monoisotopic (exact) mass is 502 g/mol. The molecule has 1 saturated heterocycles. The molecule has 1 aromatic heterocycles. The topological polar surface area (TPSA) is 56.7 Å². The van der Waals surface area contributed by atoms with Gasteiger partial charge in [0, 0.05) is 67.3 Å². The van der Waals surface area contributed by atoms with Gasteiger partial charge < -0.3 is 10.2 Å². The number of anilines is 3. The molecular formula is C29H35ClN6. The molecule has 5 rings (SSSR count). The molecule has 0 radical (unpaired) electrons. The fourth-order valence-corrected chi connectivity index (χ4v) is 5.33. The Bertz CT molecular complexity index is 1290. The van der Waals surface area contributed by atoms with E-state index >= 15 is 0 Å². The van der Waals surface area contributed by atoms with Gasteiger partial charge in [0.2, 0.25) is 5.95 Å². The van der Waals surface area contributed by atoms with Crippen LogP contribution in [0.15, 0.2) is 47.6 Å². The Labute approximate surface area is 219 Å². The summed E-state index contributed by atoms with van der Waals surface area (Å²) >= 11 is 6.58. The average Bonchev–Trinajstić information content (AvgIpc) is 2.86. The number of aromatic nitrogens is 2. The first-order chi connectivity index (χ1) is 17.2. The van der Waals surface area contributed by atoms with Gasteiger partial charge in [0.25, 0.3) is 0 Å². The minimum Gasteiger partial charge on any atom is -0.369 e. The lowest BCUT2D eigenvalue weighted by Crippen LogP contribution is -2.49. The summed E-state index contributed by atoms with van der Waals surface area (Å²) in [5.74, 6) is 0.535. The molecule has 6 nitrogen and oxygen atoms in total. The van der Waals surface area contributed by atoms with Gasteiger partial charge in [-0.25, -0.2) is 9.97 Å². The quantitative estimate of drug-likeness (QED) is 0.457. The number of rotatable bonds is 5. The van der Waals surface area contributed by atoms with Crippen LogP contribution in [-0.2, 0) is 5.41 Å². The van der Waals surface area contributed by atoms with Crippen molar-refractivity contribution < 1.29 is 0 Å². The molecule has 2 aliphatic rings. The zero-order valence-corrected chi connectivity index (χ0v) is 22.6. The first-order valence-electron chi connectivity index (χ1n) is 12.8. The molecular weight excluding hydrogens is 468 g/mol. The van der Waals surface area contributed by atoms with E-state index < -0.39 is 0 Å². The van der Waals surface area contributed by atoms with E-state index in [-0.39, 0.29) is 5.41 Å². The highest BCUT2D eigenvalue weighted by molar-refractivity contribution is 6.32. The summed E-state index contributed by atoms with van der Waals surface area (Å²) in [6.45, 7) is 16.2. The van der Waals surface area contributed by atoms with Crippen molar-refractivity contribution in [2.75, 3.05) is 42.9 Å². The highest BCUT2D eigenvalue weighted by Gasteiger charge is 2.26. The van der Waals surface area contributed by atoms with Gasteiger partial charge in [-0.15, -0.1) is 0 Å². The van der Waals surface area contributed by atoms with E-state index in [4.69, 9.17) is 16.6 Å². The van der Waals surface area contributed by atoms with E-state index in [0.29, 0.717) is 17.0 Å². The first kappa shape index (κ1) is 24.7. The number of hydrogen-bond acceptors (Lipinski definition) is 6. The molecule has 7 heteroatoms. The number of hydrogen-bond donors (Lipinski definition) is 1. The summed E-state index contributed by atoms with van der Waals surface area (Å²) in [5.41, 5.74) is 7.61. The molecule has 3 heterocycles. The number of nitrogens with zero attached hydrogens (tertiary/aromatic N) is 5. The molecule has 36 heavy (non-hydrogen) atoms. The van der Waals surface area contributed by atoms with Gasteiger partial charge in [0.05, 0.1) is 16.9 Å². The largest absolute Gasteiger partial charge is 0.369 e. The predicted molar refractivity (Wildman–Crippen MR) is 151 cm³/mol. The van der Waals surface area contributed by atoms with E-state index in [1.807, 2.05) is 6.21 Å². The van der Waals surface area contributed by atoms with Crippen LogP contribution in [0.25, 0.3) is 11.3 Å². The second kappa shape index (κ2) is 9.83. The lowest BCUT2D eigenvalue weighted by atomic mass is 9.79. The van der Waals surface area contributed by atoms with Crippen LogP contribution in [0.5, 0.6) is 0 Å². The van der Waals surface area contributed by atoms with E-state index in [0.717, 1.165) is 55.2 Å². The number of aryl methyl sites for hydroxylation is 1. The van der Waals surface area contributed by atoms with E-state index in [2.05, 4.69) is 96.1 Å². The van der Waals surface area contributed by atoms with E-state index in [1.165, 1.54) is 16.8 Å². The Hall–Kier alpha value is -2.96. The molecule has 1 fully saturated rings. The van der Waals surface area contributed by atoms with Crippen LogP contribution >= 0.6 is 11.6 Å². The average molecular weight is 503 g/mol. The van der Waals surface area contributed by atoms with Crippen LogP contribution in [0.2, 0.25) is 5.02 Å². The van der Waals surface area contributed by atoms with Crippen molar-refractivity contribution in [1.29, 1.82) is 0 Å². The molecule has 0 saturated carbocycles. The van der Waals surface area contributed by atoms with Gasteiger partial charge in [-0.1, -0.05) is 43.6 Å². The SMILES string of the molecule is Cc1ccc(Nc2ncc(Cl)c(-c3ccc4c(c3)C(C)(C)CN=C4)n2)cc1N1CCN(C(C)C)CC1. The highest BCUT2D eigenvalue weighted by atomic mass is 35.5. The van der Waals surface area contributed by atoms with Crippen LogP contribution in [0.1, 0.15) is 44.4 Å². The van der Waals surface area contributed by atoms with Gasteiger partial charge in [0.1, 0.15) is 0 Å². The summed E-state index contributed by atoms with van der Waals surface area (Å²) in [6, 6.07) is 13.4. The Kier molecular flexibility index (Phi) is 6.75. The molecule has 0 unspecified atom stereocenters. The van der Waals surface area contributed by atoms with Gasteiger partial charge >= 0.3 is 0 Å². The molecule has 0 amide bonds.